The van der Waals surface area contributed by atoms with E-state index in [1.807, 2.05) is 13.8 Å². The van der Waals surface area contributed by atoms with Crippen LogP contribution < -0.4 is 0 Å². The van der Waals surface area contributed by atoms with E-state index in [9.17, 15) is 31.5 Å². The van der Waals surface area contributed by atoms with E-state index in [-0.39, 0.29) is 29.5 Å². The molecule has 11 nitrogen and oxygen atoms in total. The average Bonchev–Trinajstić information content (AvgIpc) is 3.15. The Kier molecular flexibility index (Phi) is 18.8. The van der Waals surface area contributed by atoms with Crippen molar-refractivity contribution in [2.75, 3.05) is 19.6 Å². The standard InChI is InChI=1S/C41H59N3O8S2/c1-5-7-9-11-13-18-30-42(53(48,49)37-26-22-34(3)23-27-37)32-39(45)44(52-33-36-20-16-15-17-21-36)40(41(46)47)43(31-19-14-12-10-8-6-2)54(50,51)38-28-24-35(4)25-29-38/h15-17,20-29,40H,5-14,18-19,30-33H2,1-4H3,(H,46,47). The number of carbonyl (C=O) groups is 2. The van der Waals surface area contributed by atoms with Crippen LogP contribution in [0.5, 0.6) is 0 Å². The topological polar surface area (TPSA) is 142 Å². The van der Waals surface area contributed by atoms with Crippen LogP contribution in [0.4, 0.5) is 0 Å². The summed E-state index contributed by atoms with van der Waals surface area (Å²) in [6.45, 7) is 6.61. The molecule has 1 amide bonds. The van der Waals surface area contributed by atoms with Gasteiger partial charge in [-0.15, -0.1) is 0 Å². The van der Waals surface area contributed by atoms with Gasteiger partial charge in [0.1, 0.15) is 6.61 Å². The molecule has 0 heterocycles. The highest BCUT2D eigenvalue weighted by atomic mass is 32.2. The molecule has 54 heavy (non-hydrogen) atoms. The fraction of sp³-hybridized carbons (Fsp3) is 0.512. The molecule has 0 saturated heterocycles. The fourth-order valence-electron chi connectivity index (χ4n) is 6.04. The van der Waals surface area contributed by atoms with Crippen molar-refractivity contribution in [2.45, 2.75) is 127 Å². The number of carbonyl (C=O) groups excluding carboxylic acids is 1. The van der Waals surface area contributed by atoms with Crippen molar-refractivity contribution in [1.82, 2.24) is 13.7 Å². The third kappa shape index (κ3) is 13.6. The van der Waals surface area contributed by atoms with Gasteiger partial charge in [0.25, 0.3) is 5.91 Å². The Balaban J connectivity index is 2.08. The lowest BCUT2D eigenvalue weighted by molar-refractivity contribution is -0.223. The zero-order valence-corrected chi connectivity index (χ0v) is 34.0. The van der Waals surface area contributed by atoms with Crippen LogP contribution in [0.1, 0.15) is 108 Å². The van der Waals surface area contributed by atoms with Crippen molar-refractivity contribution in [1.29, 1.82) is 0 Å². The molecule has 1 atom stereocenters. The lowest BCUT2D eigenvalue weighted by atomic mass is 10.1. The van der Waals surface area contributed by atoms with Gasteiger partial charge in [-0.25, -0.2) is 21.6 Å². The van der Waals surface area contributed by atoms with E-state index >= 15 is 0 Å². The van der Waals surface area contributed by atoms with Gasteiger partial charge in [-0.1, -0.05) is 144 Å². The Labute approximate surface area is 323 Å². The minimum Gasteiger partial charge on any atom is -0.479 e. The molecule has 0 saturated carbocycles. The number of benzene rings is 3. The molecule has 0 radical (unpaired) electrons. The number of sulfonamides is 2. The Hall–Kier alpha value is -3.62. The Morgan fingerprint density at radius 3 is 1.59 bits per heavy atom. The van der Waals surface area contributed by atoms with Crippen LogP contribution in [0.25, 0.3) is 0 Å². The number of amides is 1. The molecule has 0 bridgehead atoms. The molecular formula is C41H59N3O8S2. The highest BCUT2D eigenvalue weighted by Crippen LogP contribution is 2.25. The summed E-state index contributed by atoms with van der Waals surface area (Å²) in [5, 5.41) is 11.4. The third-order valence-electron chi connectivity index (χ3n) is 9.27. The van der Waals surface area contributed by atoms with E-state index in [1.165, 1.54) is 24.3 Å². The summed E-state index contributed by atoms with van der Waals surface area (Å²) in [5.41, 5.74) is 2.27. The summed E-state index contributed by atoms with van der Waals surface area (Å²) >= 11 is 0. The minimum atomic E-state index is -4.50. The highest BCUT2D eigenvalue weighted by molar-refractivity contribution is 7.89. The number of hydrogen-bond donors (Lipinski definition) is 1. The van der Waals surface area contributed by atoms with Crippen LogP contribution in [0.3, 0.4) is 0 Å². The van der Waals surface area contributed by atoms with Crippen LogP contribution in [0, 0.1) is 13.8 Å². The van der Waals surface area contributed by atoms with Crippen molar-refractivity contribution >= 4 is 31.9 Å². The summed E-state index contributed by atoms with van der Waals surface area (Å²) in [6.07, 6.45) is 7.93. The van der Waals surface area contributed by atoms with Crippen LogP contribution in [0.2, 0.25) is 0 Å². The maximum atomic E-state index is 14.5. The van der Waals surface area contributed by atoms with Crippen molar-refractivity contribution in [2.24, 2.45) is 0 Å². The predicted octanol–water partition coefficient (Wildman–Crippen LogP) is 8.08. The zero-order valence-electron chi connectivity index (χ0n) is 32.4. The predicted molar refractivity (Wildman–Crippen MR) is 211 cm³/mol. The molecule has 0 fully saturated rings. The van der Waals surface area contributed by atoms with Crippen molar-refractivity contribution in [3.63, 3.8) is 0 Å². The van der Waals surface area contributed by atoms with Gasteiger partial charge in [-0.3, -0.25) is 9.63 Å². The number of hydrogen-bond acceptors (Lipinski definition) is 7. The number of aryl methyl sites for hydroxylation is 2. The number of unbranched alkanes of at least 4 members (excludes halogenated alkanes) is 10. The van der Waals surface area contributed by atoms with E-state index in [2.05, 4.69) is 13.8 Å². The SMILES string of the molecule is CCCCCCCCN(CC(=O)N(OCc1ccccc1)C(C(=O)O)N(CCCCCCCC)S(=O)(=O)c1ccc(C)cc1)S(=O)(=O)c1ccc(C)cc1. The van der Waals surface area contributed by atoms with Gasteiger partial charge < -0.3 is 5.11 Å². The van der Waals surface area contributed by atoms with Gasteiger partial charge in [0.05, 0.1) is 16.3 Å². The average molecular weight is 786 g/mol. The van der Waals surface area contributed by atoms with Crippen LogP contribution in [-0.2, 0) is 41.1 Å². The van der Waals surface area contributed by atoms with E-state index in [0.717, 1.165) is 77.5 Å². The molecule has 0 aliphatic carbocycles. The molecule has 0 aromatic heterocycles. The lowest BCUT2D eigenvalue weighted by Gasteiger charge is -2.36. The first-order valence-corrected chi connectivity index (χ1v) is 22.1. The van der Waals surface area contributed by atoms with Gasteiger partial charge in [0, 0.05) is 13.1 Å². The Morgan fingerprint density at radius 1 is 0.630 bits per heavy atom. The first-order valence-electron chi connectivity index (χ1n) is 19.2. The molecule has 1 N–H and O–H groups in total. The number of aliphatic carboxylic acids is 1. The first kappa shape index (κ1) is 44.8. The molecule has 13 heteroatoms. The molecule has 298 valence electrons. The first-order chi connectivity index (χ1) is 25.8. The molecule has 0 aliphatic rings. The third-order valence-corrected chi connectivity index (χ3v) is 13.0. The van der Waals surface area contributed by atoms with E-state index in [4.69, 9.17) is 4.84 Å². The molecule has 1 unspecified atom stereocenters. The zero-order chi connectivity index (χ0) is 39.6. The van der Waals surface area contributed by atoms with E-state index < -0.39 is 44.6 Å². The molecule has 3 aromatic rings. The number of carboxylic acid groups (broad SMARTS) is 1. The van der Waals surface area contributed by atoms with E-state index in [1.54, 1.807) is 54.6 Å². The number of rotatable bonds is 26. The quantitative estimate of drug-likeness (QED) is 0.0490. The summed E-state index contributed by atoms with van der Waals surface area (Å²) in [5.74, 6) is -2.64. The van der Waals surface area contributed by atoms with Crippen molar-refractivity contribution in [3.05, 3.63) is 95.6 Å². The van der Waals surface area contributed by atoms with Crippen LogP contribution >= 0.6 is 0 Å². The van der Waals surface area contributed by atoms with Gasteiger partial charge in [0.15, 0.2) is 0 Å². The summed E-state index contributed by atoms with van der Waals surface area (Å²) in [6, 6.07) is 21.1. The molecule has 3 aromatic carbocycles. The van der Waals surface area contributed by atoms with E-state index in [0.29, 0.717) is 29.9 Å². The number of carboxylic acids is 1. The lowest BCUT2D eigenvalue weighted by Crippen LogP contribution is -2.58. The molecule has 3 rings (SSSR count). The normalized spacial score (nSPS) is 12.6. The fourth-order valence-corrected chi connectivity index (χ4v) is 9.02. The second-order valence-electron chi connectivity index (χ2n) is 13.8. The smallest absolute Gasteiger partial charge is 0.345 e. The van der Waals surface area contributed by atoms with Crippen LogP contribution in [0.15, 0.2) is 88.7 Å². The van der Waals surface area contributed by atoms with Gasteiger partial charge in [0.2, 0.25) is 26.2 Å². The van der Waals surface area contributed by atoms with Gasteiger partial charge in [-0.2, -0.15) is 13.7 Å². The van der Waals surface area contributed by atoms with Crippen molar-refractivity contribution < 1.29 is 36.4 Å². The van der Waals surface area contributed by atoms with Crippen LogP contribution in [-0.4, -0.2) is 73.3 Å². The maximum Gasteiger partial charge on any atom is 0.345 e. The number of nitrogens with zero attached hydrogens (tertiary/aromatic N) is 3. The van der Waals surface area contributed by atoms with Gasteiger partial charge in [-0.05, 0) is 56.5 Å². The largest absolute Gasteiger partial charge is 0.479 e. The Morgan fingerprint density at radius 2 is 1.09 bits per heavy atom. The summed E-state index contributed by atoms with van der Waals surface area (Å²) < 4.78 is 58.8. The summed E-state index contributed by atoms with van der Waals surface area (Å²) in [4.78, 5) is 33.7. The number of hydroxylamine groups is 2. The summed E-state index contributed by atoms with van der Waals surface area (Å²) in [7, 11) is -8.73. The molecular weight excluding hydrogens is 727 g/mol. The van der Waals surface area contributed by atoms with Crippen molar-refractivity contribution in [3.8, 4) is 0 Å². The minimum absolute atomic E-state index is 0.00147. The van der Waals surface area contributed by atoms with Gasteiger partial charge >= 0.3 is 5.97 Å². The second kappa shape index (κ2) is 22.7. The Bertz CT molecular complexity index is 1790. The molecule has 0 aliphatic heterocycles. The maximum absolute atomic E-state index is 14.5. The monoisotopic (exact) mass is 785 g/mol. The molecule has 0 spiro atoms. The second-order valence-corrected chi connectivity index (χ2v) is 17.6. The highest BCUT2D eigenvalue weighted by Gasteiger charge is 2.44.